The Morgan fingerprint density at radius 2 is 1.63 bits per heavy atom. The number of hydrogen-bond donors (Lipinski definition) is 0. The third-order valence-electron chi connectivity index (χ3n) is 4.69. The smallest absolute Gasteiger partial charge is 0.160 e. The van der Waals surface area contributed by atoms with Crippen LogP contribution in [0.5, 0.6) is 0 Å². The van der Waals surface area contributed by atoms with Gasteiger partial charge in [-0.1, -0.05) is 47.5 Å². The predicted octanol–water partition coefficient (Wildman–Crippen LogP) is 6.23. The molecule has 0 unspecified atom stereocenters. The maximum absolute atomic E-state index is 13.6. The van der Waals surface area contributed by atoms with Crippen LogP contribution in [-0.2, 0) is 6.54 Å². The number of fused-ring (bicyclic) bond motifs is 4. The molecule has 27 heavy (non-hydrogen) atoms. The molecule has 0 aliphatic rings. The first kappa shape index (κ1) is 16.5. The Morgan fingerprint density at radius 3 is 2.44 bits per heavy atom. The van der Waals surface area contributed by atoms with Gasteiger partial charge in [0, 0.05) is 27.1 Å². The van der Waals surface area contributed by atoms with Gasteiger partial charge in [0.2, 0.25) is 0 Å². The lowest BCUT2D eigenvalue weighted by Gasteiger charge is -2.10. The zero-order valence-corrected chi connectivity index (χ0v) is 15.5. The van der Waals surface area contributed by atoms with Crippen molar-refractivity contribution >= 4 is 56.3 Å². The number of nitrogens with zero attached hydrogens (tertiary/aromatic N) is 3. The molecule has 0 saturated heterocycles. The first-order chi connectivity index (χ1) is 13.1. The standard InChI is InChI=1S/C21H12Cl2FN3/c22-15-5-3-6-16(23)14(15)11-27-19-7-2-1-4-13(19)20-21(27)26-17-9-8-12(24)10-18(17)25-20/h1-10H,11H2. The third kappa shape index (κ3) is 2.64. The predicted molar refractivity (Wildman–Crippen MR) is 108 cm³/mol. The average Bonchev–Trinajstić information content (AvgIpc) is 2.96. The molecule has 0 amide bonds. The summed E-state index contributed by atoms with van der Waals surface area (Å²) in [6.45, 7) is 0.462. The zero-order valence-electron chi connectivity index (χ0n) is 14.0. The molecule has 0 radical (unpaired) electrons. The molecule has 0 atom stereocenters. The second-order valence-corrected chi connectivity index (χ2v) is 7.15. The van der Waals surface area contributed by atoms with Crippen LogP contribution < -0.4 is 0 Å². The molecule has 5 aromatic rings. The summed E-state index contributed by atoms with van der Waals surface area (Å²) in [4.78, 5) is 9.44. The molecule has 0 saturated carbocycles. The van der Waals surface area contributed by atoms with E-state index >= 15 is 0 Å². The first-order valence-electron chi connectivity index (χ1n) is 8.39. The highest BCUT2D eigenvalue weighted by molar-refractivity contribution is 6.36. The van der Waals surface area contributed by atoms with E-state index in [1.54, 1.807) is 6.07 Å². The molecular weight excluding hydrogens is 384 g/mol. The van der Waals surface area contributed by atoms with Gasteiger partial charge in [0.05, 0.1) is 23.1 Å². The molecule has 2 aromatic heterocycles. The highest BCUT2D eigenvalue weighted by Crippen LogP contribution is 2.32. The number of halogens is 3. The van der Waals surface area contributed by atoms with Gasteiger partial charge >= 0.3 is 0 Å². The van der Waals surface area contributed by atoms with Gasteiger partial charge in [-0.05, 0) is 30.3 Å². The van der Waals surface area contributed by atoms with E-state index in [0.29, 0.717) is 33.3 Å². The van der Waals surface area contributed by atoms with Crippen LogP contribution >= 0.6 is 23.2 Å². The fourth-order valence-electron chi connectivity index (χ4n) is 3.41. The molecule has 3 aromatic carbocycles. The van der Waals surface area contributed by atoms with Crippen molar-refractivity contribution in [1.82, 2.24) is 14.5 Å². The SMILES string of the molecule is Fc1ccc2nc3c(nc2c1)c1ccccc1n3Cc1c(Cl)cccc1Cl. The normalized spacial score (nSPS) is 11.7. The maximum Gasteiger partial charge on any atom is 0.160 e. The van der Waals surface area contributed by atoms with Crippen LogP contribution in [0.1, 0.15) is 5.56 Å². The molecule has 0 N–H and O–H groups in total. The lowest BCUT2D eigenvalue weighted by molar-refractivity contribution is 0.629. The van der Waals surface area contributed by atoms with E-state index in [0.717, 1.165) is 22.0 Å². The maximum atomic E-state index is 13.6. The van der Waals surface area contributed by atoms with Gasteiger partial charge < -0.3 is 4.57 Å². The fraction of sp³-hybridized carbons (Fsp3) is 0.0476. The summed E-state index contributed by atoms with van der Waals surface area (Å²) >= 11 is 12.8. The topological polar surface area (TPSA) is 30.7 Å². The first-order valence-corrected chi connectivity index (χ1v) is 9.14. The number of hydrogen-bond acceptors (Lipinski definition) is 2. The van der Waals surface area contributed by atoms with Crippen LogP contribution in [0.2, 0.25) is 10.0 Å². The van der Waals surface area contributed by atoms with Gasteiger partial charge in [0.1, 0.15) is 11.3 Å². The third-order valence-corrected chi connectivity index (χ3v) is 5.40. The molecular formula is C21H12Cl2FN3. The summed E-state index contributed by atoms with van der Waals surface area (Å²) in [5.41, 5.74) is 4.40. The van der Waals surface area contributed by atoms with E-state index < -0.39 is 0 Å². The van der Waals surface area contributed by atoms with Crippen LogP contribution in [0.4, 0.5) is 4.39 Å². The van der Waals surface area contributed by atoms with Crippen molar-refractivity contribution in [2.75, 3.05) is 0 Å². The van der Waals surface area contributed by atoms with Crippen LogP contribution in [0.25, 0.3) is 33.1 Å². The molecule has 0 spiro atoms. The van der Waals surface area contributed by atoms with Crippen molar-refractivity contribution in [2.45, 2.75) is 6.54 Å². The minimum Gasteiger partial charge on any atom is -0.319 e. The zero-order chi connectivity index (χ0) is 18.5. The number of para-hydroxylation sites is 1. The van der Waals surface area contributed by atoms with Crippen LogP contribution in [0.15, 0.2) is 60.7 Å². The summed E-state index contributed by atoms with van der Waals surface area (Å²) in [6, 6.07) is 17.8. The summed E-state index contributed by atoms with van der Waals surface area (Å²) in [5, 5.41) is 2.16. The Hall–Kier alpha value is -2.69. The van der Waals surface area contributed by atoms with Crippen molar-refractivity contribution in [2.24, 2.45) is 0 Å². The highest BCUT2D eigenvalue weighted by Gasteiger charge is 2.16. The van der Waals surface area contributed by atoms with Crippen LogP contribution in [0.3, 0.4) is 0 Å². The quantitative estimate of drug-likeness (QED) is 0.354. The number of benzene rings is 3. The molecule has 3 nitrogen and oxygen atoms in total. The van der Waals surface area contributed by atoms with Crippen LogP contribution in [0, 0.1) is 5.82 Å². The van der Waals surface area contributed by atoms with Crippen molar-refractivity contribution < 1.29 is 4.39 Å². The van der Waals surface area contributed by atoms with Crippen molar-refractivity contribution in [3.63, 3.8) is 0 Å². The Labute approximate surface area is 164 Å². The Morgan fingerprint density at radius 1 is 0.852 bits per heavy atom. The molecule has 132 valence electrons. The van der Waals surface area contributed by atoms with E-state index in [9.17, 15) is 4.39 Å². The van der Waals surface area contributed by atoms with Crippen molar-refractivity contribution in [3.8, 4) is 0 Å². The Balaban J connectivity index is 1.85. The van der Waals surface area contributed by atoms with E-state index in [-0.39, 0.29) is 5.82 Å². The lowest BCUT2D eigenvalue weighted by Crippen LogP contribution is -2.02. The second kappa shape index (κ2) is 6.19. The Kier molecular flexibility index (Phi) is 3.78. The van der Waals surface area contributed by atoms with Gasteiger partial charge in [0.25, 0.3) is 0 Å². The molecule has 0 aliphatic heterocycles. The van der Waals surface area contributed by atoms with Gasteiger partial charge in [-0.2, -0.15) is 0 Å². The second-order valence-electron chi connectivity index (χ2n) is 6.33. The Bertz CT molecular complexity index is 1320. The molecule has 0 fully saturated rings. The van der Waals surface area contributed by atoms with E-state index in [1.807, 2.05) is 47.0 Å². The summed E-state index contributed by atoms with van der Waals surface area (Å²) in [6.07, 6.45) is 0. The van der Waals surface area contributed by atoms with Gasteiger partial charge in [-0.25, -0.2) is 14.4 Å². The number of aromatic nitrogens is 3. The van der Waals surface area contributed by atoms with E-state index in [4.69, 9.17) is 28.2 Å². The highest BCUT2D eigenvalue weighted by atomic mass is 35.5. The van der Waals surface area contributed by atoms with Crippen molar-refractivity contribution in [1.29, 1.82) is 0 Å². The van der Waals surface area contributed by atoms with Gasteiger partial charge in [0.15, 0.2) is 5.65 Å². The number of rotatable bonds is 2. The molecule has 2 heterocycles. The monoisotopic (exact) mass is 395 g/mol. The van der Waals surface area contributed by atoms with Gasteiger partial charge in [-0.15, -0.1) is 0 Å². The van der Waals surface area contributed by atoms with Gasteiger partial charge in [-0.3, -0.25) is 0 Å². The van der Waals surface area contributed by atoms with Crippen LogP contribution in [-0.4, -0.2) is 14.5 Å². The van der Waals surface area contributed by atoms with E-state index in [1.165, 1.54) is 12.1 Å². The largest absolute Gasteiger partial charge is 0.319 e. The fourth-order valence-corrected chi connectivity index (χ4v) is 3.93. The summed E-state index contributed by atoms with van der Waals surface area (Å²) in [7, 11) is 0. The summed E-state index contributed by atoms with van der Waals surface area (Å²) in [5.74, 6) is -0.331. The summed E-state index contributed by atoms with van der Waals surface area (Å²) < 4.78 is 15.7. The minimum absolute atomic E-state index is 0.331. The minimum atomic E-state index is -0.331. The molecule has 5 rings (SSSR count). The molecule has 0 aliphatic carbocycles. The molecule has 0 bridgehead atoms. The lowest BCUT2D eigenvalue weighted by atomic mass is 10.2. The average molecular weight is 396 g/mol. The molecule has 6 heteroatoms. The van der Waals surface area contributed by atoms with E-state index in [2.05, 4.69) is 4.98 Å². The van der Waals surface area contributed by atoms with Crippen molar-refractivity contribution in [3.05, 3.63) is 82.1 Å².